The minimum atomic E-state index is 0.0417. The van der Waals surface area contributed by atoms with Crippen LogP contribution in [0.1, 0.15) is 29.5 Å². The van der Waals surface area contributed by atoms with Crippen LogP contribution >= 0.6 is 0 Å². The van der Waals surface area contributed by atoms with Gasteiger partial charge in [-0.3, -0.25) is 9.78 Å². The first-order valence-electron chi connectivity index (χ1n) is 13.2. The van der Waals surface area contributed by atoms with Crippen LogP contribution in [-0.2, 0) is 17.9 Å². The van der Waals surface area contributed by atoms with Gasteiger partial charge in [-0.1, -0.05) is 18.2 Å². The molecule has 1 amide bonds. The highest BCUT2D eigenvalue weighted by Gasteiger charge is 2.27. The number of pyridine rings is 1. The molecule has 1 aliphatic rings. The van der Waals surface area contributed by atoms with Crippen LogP contribution in [-0.4, -0.2) is 48.0 Å². The fourth-order valence-electron chi connectivity index (χ4n) is 4.80. The molecule has 0 spiro atoms. The van der Waals surface area contributed by atoms with Crippen molar-refractivity contribution in [3.8, 4) is 0 Å². The number of hydrogen-bond acceptors (Lipinski definition) is 7. The first kappa shape index (κ1) is 25.6. The van der Waals surface area contributed by atoms with Crippen LogP contribution in [0.4, 0.5) is 17.5 Å². The Kier molecular flexibility index (Phi) is 7.79. The first-order valence-corrected chi connectivity index (χ1v) is 13.2. The van der Waals surface area contributed by atoms with Crippen LogP contribution in [0.2, 0.25) is 0 Å². The fraction of sp³-hybridized carbons (Fsp3) is 0.333. The van der Waals surface area contributed by atoms with Crippen molar-refractivity contribution in [1.29, 1.82) is 0 Å². The number of nitrogens with zero attached hydrogens (tertiary/aromatic N) is 5. The molecule has 3 heterocycles. The van der Waals surface area contributed by atoms with Gasteiger partial charge in [0, 0.05) is 50.0 Å². The molecule has 1 fully saturated rings. The predicted octanol–water partition coefficient (Wildman–Crippen LogP) is 4.54. The van der Waals surface area contributed by atoms with Gasteiger partial charge < -0.3 is 20.4 Å². The van der Waals surface area contributed by atoms with Crippen LogP contribution < -0.4 is 20.4 Å². The minimum Gasteiger partial charge on any atom is -0.365 e. The Bertz CT molecular complexity index is 1380. The third kappa shape index (κ3) is 5.92. The third-order valence-corrected chi connectivity index (χ3v) is 6.99. The predicted molar refractivity (Wildman–Crippen MR) is 153 cm³/mol. The molecule has 38 heavy (non-hydrogen) atoms. The Morgan fingerprint density at radius 1 is 0.974 bits per heavy atom. The molecule has 2 aromatic carbocycles. The second kappa shape index (κ2) is 11.6. The maximum absolute atomic E-state index is 13.6. The van der Waals surface area contributed by atoms with Gasteiger partial charge in [-0.2, -0.15) is 4.98 Å². The van der Waals surface area contributed by atoms with Gasteiger partial charge in [0.05, 0.1) is 12.1 Å². The standard InChI is InChI=1S/C30H35N7O/c1-21-4-9-26-27(18-21)34-30(36(2)3)35-28(26)33-19-22-5-7-25(8-6-22)37(20-23-10-14-31-15-11-23)29(38)24-12-16-32-17-13-24/h4-11,14-15,18,24,32H,12-13,16-17,19-20H2,1-3H3,(H,33,34,35). The van der Waals surface area contributed by atoms with Crippen molar-refractivity contribution in [2.45, 2.75) is 32.9 Å². The van der Waals surface area contributed by atoms with E-state index >= 15 is 0 Å². The number of rotatable bonds is 8. The highest BCUT2D eigenvalue weighted by atomic mass is 16.2. The van der Waals surface area contributed by atoms with E-state index in [2.05, 4.69) is 52.9 Å². The monoisotopic (exact) mass is 509 g/mol. The molecule has 0 aliphatic carbocycles. The molecule has 1 aliphatic heterocycles. The number of aryl methyl sites for hydroxylation is 1. The number of nitrogens with one attached hydrogen (secondary N) is 2. The van der Waals surface area contributed by atoms with Gasteiger partial charge in [0.1, 0.15) is 5.82 Å². The third-order valence-electron chi connectivity index (χ3n) is 6.99. The summed E-state index contributed by atoms with van der Waals surface area (Å²) in [5.41, 5.74) is 5.17. The van der Waals surface area contributed by atoms with Crippen LogP contribution in [0.5, 0.6) is 0 Å². The summed E-state index contributed by atoms with van der Waals surface area (Å²) < 4.78 is 0. The van der Waals surface area contributed by atoms with Crippen molar-refractivity contribution >= 4 is 34.3 Å². The van der Waals surface area contributed by atoms with Crippen LogP contribution in [0.3, 0.4) is 0 Å². The van der Waals surface area contributed by atoms with Crippen molar-refractivity contribution in [3.05, 3.63) is 83.7 Å². The van der Waals surface area contributed by atoms with Crippen LogP contribution in [0.15, 0.2) is 67.0 Å². The number of carbonyl (C=O) groups is 1. The SMILES string of the molecule is Cc1ccc2c(NCc3ccc(N(Cc4ccncc4)C(=O)C4CCNCC4)cc3)nc(N(C)C)nc2c1. The topological polar surface area (TPSA) is 86.3 Å². The number of carbonyl (C=O) groups excluding carboxylic acids is 1. The number of hydrogen-bond donors (Lipinski definition) is 2. The lowest BCUT2D eigenvalue weighted by Crippen LogP contribution is -2.40. The van der Waals surface area contributed by atoms with E-state index in [1.165, 1.54) is 0 Å². The second-order valence-electron chi connectivity index (χ2n) is 10.1. The molecule has 196 valence electrons. The summed E-state index contributed by atoms with van der Waals surface area (Å²) in [7, 11) is 3.89. The van der Waals surface area contributed by atoms with Gasteiger partial charge in [-0.25, -0.2) is 4.98 Å². The summed E-state index contributed by atoms with van der Waals surface area (Å²) in [6.07, 6.45) is 5.29. The first-order chi connectivity index (χ1) is 18.5. The molecule has 2 aromatic heterocycles. The second-order valence-corrected chi connectivity index (χ2v) is 10.1. The van der Waals surface area contributed by atoms with Gasteiger partial charge in [0.25, 0.3) is 0 Å². The van der Waals surface area contributed by atoms with E-state index in [9.17, 15) is 4.79 Å². The van der Waals surface area contributed by atoms with E-state index in [1.54, 1.807) is 12.4 Å². The van der Waals surface area contributed by atoms with Gasteiger partial charge >= 0.3 is 0 Å². The van der Waals surface area contributed by atoms with E-state index in [0.717, 1.165) is 65.0 Å². The number of piperidine rings is 1. The lowest BCUT2D eigenvalue weighted by molar-refractivity contribution is -0.123. The highest BCUT2D eigenvalue weighted by molar-refractivity contribution is 5.95. The molecule has 4 aromatic rings. The molecule has 5 rings (SSSR count). The number of fused-ring (bicyclic) bond motifs is 1. The Morgan fingerprint density at radius 3 is 2.42 bits per heavy atom. The molecule has 0 saturated carbocycles. The number of benzene rings is 2. The average Bonchev–Trinajstić information content (AvgIpc) is 2.95. The molecule has 2 N–H and O–H groups in total. The highest BCUT2D eigenvalue weighted by Crippen LogP contribution is 2.26. The summed E-state index contributed by atoms with van der Waals surface area (Å²) in [5.74, 6) is 1.71. The largest absolute Gasteiger partial charge is 0.365 e. The number of aromatic nitrogens is 3. The zero-order valence-electron chi connectivity index (χ0n) is 22.3. The Balaban J connectivity index is 1.36. The molecule has 8 nitrogen and oxygen atoms in total. The maximum atomic E-state index is 13.6. The lowest BCUT2D eigenvalue weighted by Gasteiger charge is -2.30. The molecule has 0 atom stereocenters. The normalized spacial score (nSPS) is 13.9. The van der Waals surface area contributed by atoms with E-state index in [4.69, 9.17) is 9.97 Å². The van der Waals surface area contributed by atoms with Crippen LogP contribution in [0.25, 0.3) is 10.9 Å². The van der Waals surface area contributed by atoms with Crippen molar-refractivity contribution in [2.75, 3.05) is 42.3 Å². The number of amides is 1. The molecular weight excluding hydrogens is 474 g/mol. The van der Waals surface area contributed by atoms with Gasteiger partial charge in [-0.05, 0) is 85.9 Å². The maximum Gasteiger partial charge on any atom is 0.230 e. The van der Waals surface area contributed by atoms with E-state index in [-0.39, 0.29) is 11.8 Å². The smallest absolute Gasteiger partial charge is 0.230 e. The summed E-state index contributed by atoms with van der Waals surface area (Å²) in [5, 5.41) is 7.86. The van der Waals surface area contributed by atoms with Gasteiger partial charge in [0.15, 0.2) is 0 Å². The zero-order chi connectivity index (χ0) is 26.5. The van der Waals surface area contributed by atoms with Crippen molar-refractivity contribution < 1.29 is 4.79 Å². The molecule has 0 unspecified atom stereocenters. The zero-order valence-corrected chi connectivity index (χ0v) is 22.3. The number of anilines is 3. The van der Waals surface area contributed by atoms with Crippen molar-refractivity contribution in [1.82, 2.24) is 20.3 Å². The summed E-state index contributed by atoms with van der Waals surface area (Å²) in [6.45, 7) is 4.98. The molecule has 1 saturated heterocycles. The van der Waals surface area contributed by atoms with E-state index in [0.29, 0.717) is 19.0 Å². The van der Waals surface area contributed by atoms with E-state index in [1.807, 2.05) is 48.2 Å². The molecule has 8 heteroatoms. The van der Waals surface area contributed by atoms with E-state index < -0.39 is 0 Å². The fourth-order valence-corrected chi connectivity index (χ4v) is 4.80. The van der Waals surface area contributed by atoms with Crippen LogP contribution in [0, 0.1) is 12.8 Å². The molecule has 0 radical (unpaired) electrons. The quantitative estimate of drug-likeness (QED) is 0.361. The Hall–Kier alpha value is -4.04. The van der Waals surface area contributed by atoms with Gasteiger partial charge in [0.2, 0.25) is 11.9 Å². The molecular formula is C30H35N7O. The average molecular weight is 510 g/mol. The minimum absolute atomic E-state index is 0.0417. The Morgan fingerprint density at radius 2 is 1.71 bits per heavy atom. The summed E-state index contributed by atoms with van der Waals surface area (Å²) >= 11 is 0. The van der Waals surface area contributed by atoms with Gasteiger partial charge in [-0.15, -0.1) is 0 Å². The van der Waals surface area contributed by atoms with Crippen molar-refractivity contribution in [3.63, 3.8) is 0 Å². The summed E-state index contributed by atoms with van der Waals surface area (Å²) in [6, 6.07) is 18.4. The van der Waals surface area contributed by atoms with Crippen molar-refractivity contribution in [2.24, 2.45) is 5.92 Å². The lowest BCUT2D eigenvalue weighted by atomic mass is 9.96. The Labute approximate surface area is 224 Å². The molecule has 0 bridgehead atoms. The summed E-state index contributed by atoms with van der Waals surface area (Å²) in [4.78, 5) is 31.0.